The maximum Gasteiger partial charge on any atom is 0.231 e. The van der Waals surface area contributed by atoms with Gasteiger partial charge in [0.05, 0.1) is 5.69 Å². The Kier molecular flexibility index (Phi) is 3.01. The summed E-state index contributed by atoms with van der Waals surface area (Å²) in [6.07, 6.45) is 4.12. The molecule has 0 saturated heterocycles. The second-order valence-corrected chi connectivity index (χ2v) is 7.76. The van der Waals surface area contributed by atoms with Crippen LogP contribution in [0.3, 0.4) is 0 Å². The van der Waals surface area contributed by atoms with E-state index in [1.165, 1.54) is 5.56 Å². The maximum atomic E-state index is 5.94. The van der Waals surface area contributed by atoms with Crippen LogP contribution >= 0.6 is 0 Å². The molecule has 1 unspecified atom stereocenters. The Labute approximate surface area is 172 Å². The number of aromatic nitrogens is 1. The van der Waals surface area contributed by atoms with Crippen LogP contribution in [0.5, 0.6) is 23.0 Å². The summed E-state index contributed by atoms with van der Waals surface area (Å²) < 4.78 is 25.1. The molecule has 3 aliphatic rings. The van der Waals surface area contributed by atoms with Gasteiger partial charge >= 0.3 is 0 Å². The van der Waals surface area contributed by atoms with Crippen LogP contribution in [0.1, 0.15) is 11.7 Å². The summed E-state index contributed by atoms with van der Waals surface area (Å²) in [4.78, 5) is 2.31. The van der Waals surface area contributed by atoms with Gasteiger partial charge in [-0.1, -0.05) is 12.1 Å². The van der Waals surface area contributed by atoms with E-state index in [1.54, 1.807) is 0 Å². The highest BCUT2D eigenvalue weighted by Crippen LogP contribution is 2.54. The molecule has 1 atom stereocenters. The van der Waals surface area contributed by atoms with Crippen LogP contribution in [0.15, 0.2) is 60.9 Å². The summed E-state index contributed by atoms with van der Waals surface area (Å²) >= 11 is 0. The zero-order valence-electron chi connectivity index (χ0n) is 16.3. The van der Waals surface area contributed by atoms with Gasteiger partial charge in [-0.2, -0.15) is 0 Å². The number of ether oxygens (including phenoxy) is 4. The van der Waals surface area contributed by atoms with Gasteiger partial charge in [-0.3, -0.25) is 0 Å². The van der Waals surface area contributed by atoms with Crippen LogP contribution in [0.4, 0.5) is 5.69 Å². The van der Waals surface area contributed by atoms with Gasteiger partial charge in [0.25, 0.3) is 0 Å². The van der Waals surface area contributed by atoms with Crippen molar-refractivity contribution in [2.75, 3.05) is 25.5 Å². The van der Waals surface area contributed by atoms with E-state index in [4.69, 9.17) is 18.9 Å². The predicted octanol–water partition coefficient (Wildman–Crippen LogP) is 4.76. The first-order chi connectivity index (χ1) is 14.8. The molecule has 1 aromatic heterocycles. The maximum absolute atomic E-state index is 5.94. The molecule has 4 aromatic rings. The normalized spacial score (nSPS) is 17.9. The molecule has 0 amide bonds. The zero-order chi connectivity index (χ0) is 19.8. The van der Waals surface area contributed by atoms with Crippen molar-refractivity contribution in [3.05, 3.63) is 66.5 Å². The molecule has 6 nitrogen and oxygen atoms in total. The summed E-state index contributed by atoms with van der Waals surface area (Å²) in [7, 11) is 2.13. The summed E-state index contributed by atoms with van der Waals surface area (Å²) in [5.74, 6) is 3.21. The lowest BCUT2D eigenvalue weighted by molar-refractivity contribution is 0.172. The average Bonchev–Trinajstić information content (AvgIpc) is 3.52. The molecule has 0 saturated carbocycles. The smallest absolute Gasteiger partial charge is 0.231 e. The molecule has 0 N–H and O–H groups in total. The molecular formula is C24H18N2O4. The Morgan fingerprint density at radius 3 is 2.40 bits per heavy atom. The molecule has 3 aromatic carbocycles. The van der Waals surface area contributed by atoms with Gasteiger partial charge in [0, 0.05) is 36.0 Å². The Morgan fingerprint density at radius 2 is 1.53 bits per heavy atom. The van der Waals surface area contributed by atoms with Gasteiger partial charge < -0.3 is 28.4 Å². The molecule has 0 radical (unpaired) electrons. The lowest BCUT2D eigenvalue weighted by atomic mass is 9.88. The van der Waals surface area contributed by atoms with Gasteiger partial charge in [-0.25, -0.2) is 0 Å². The first kappa shape index (κ1) is 16.0. The Morgan fingerprint density at radius 1 is 0.800 bits per heavy atom. The highest BCUT2D eigenvalue weighted by molar-refractivity contribution is 6.05. The molecule has 6 heteroatoms. The van der Waals surface area contributed by atoms with Crippen LogP contribution in [0.25, 0.3) is 21.9 Å². The first-order valence-electron chi connectivity index (χ1n) is 9.94. The topological polar surface area (TPSA) is 45.1 Å². The molecule has 3 aliphatic heterocycles. The van der Waals surface area contributed by atoms with E-state index < -0.39 is 0 Å². The highest BCUT2D eigenvalue weighted by Gasteiger charge is 2.36. The summed E-state index contributed by atoms with van der Waals surface area (Å²) in [5.41, 5.74) is 4.61. The summed E-state index contributed by atoms with van der Waals surface area (Å²) in [5, 5.41) is 2.26. The lowest BCUT2D eigenvalue weighted by Crippen LogP contribution is -2.33. The number of rotatable bonds is 1. The van der Waals surface area contributed by atoms with Crippen molar-refractivity contribution >= 4 is 16.5 Å². The molecule has 0 bridgehead atoms. The van der Waals surface area contributed by atoms with E-state index >= 15 is 0 Å². The standard InChI is InChI=1S/C24H18N2O4/c1-25-22-16(5-4-14-10-19-20(11-17(14)22)29-12-28-19)15-6-7-18-23(30-13-27-18)21(15)24(25)26-8-2-3-9-26/h2-11,24H,12-13H2,1H3. The highest BCUT2D eigenvalue weighted by atomic mass is 16.7. The van der Waals surface area contributed by atoms with Crippen molar-refractivity contribution in [1.82, 2.24) is 4.57 Å². The fourth-order valence-electron chi connectivity index (χ4n) is 4.96. The van der Waals surface area contributed by atoms with Gasteiger partial charge in [0.2, 0.25) is 13.6 Å². The Bertz CT molecular complexity index is 1330. The predicted molar refractivity (Wildman–Crippen MR) is 113 cm³/mol. The zero-order valence-corrected chi connectivity index (χ0v) is 16.3. The van der Waals surface area contributed by atoms with Gasteiger partial charge in [-0.05, 0) is 47.3 Å². The van der Waals surface area contributed by atoms with Crippen LogP contribution < -0.4 is 23.8 Å². The molecule has 0 spiro atoms. The molecule has 30 heavy (non-hydrogen) atoms. The summed E-state index contributed by atoms with van der Waals surface area (Å²) in [6.45, 7) is 0.518. The minimum absolute atomic E-state index is 0.0600. The van der Waals surface area contributed by atoms with Crippen molar-refractivity contribution in [2.24, 2.45) is 0 Å². The molecule has 0 aliphatic carbocycles. The third kappa shape index (κ3) is 1.98. The van der Waals surface area contributed by atoms with E-state index in [9.17, 15) is 0 Å². The van der Waals surface area contributed by atoms with Crippen molar-refractivity contribution < 1.29 is 18.9 Å². The van der Waals surface area contributed by atoms with Crippen LogP contribution in [0, 0.1) is 0 Å². The number of hydrogen-bond donors (Lipinski definition) is 0. The Balaban J connectivity index is 1.58. The minimum Gasteiger partial charge on any atom is -0.454 e. The van der Waals surface area contributed by atoms with Crippen LogP contribution in [0.2, 0.25) is 0 Å². The van der Waals surface area contributed by atoms with Gasteiger partial charge in [-0.15, -0.1) is 0 Å². The second kappa shape index (κ2) is 5.63. The first-order valence-corrected chi connectivity index (χ1v) is 9.94. The van der Waals surface area contributed by atoms with E-state index in [1.807, 2.05) is 18.2 Å². The number of fused-ring (bicyclic) bond motifs is 8. The molecular weight excluding hydrogens is 380 g/mol. The van der Waals surface area contributed by atoms with Crippen LogP contribution in [-0.4, -0.2) is 25.2 Å². The number of hydrogen-bond acceptors (Lipinski definition) is 5. The second-order valence-electron chi connectivity index (χ2n) is 7.76. The quantitative estimate of drug-likeness (QED) is 0.463. The molecule has 0 fully saturated rings. The molecule has 148 valence electrons. The number of benzene rings is 3. The summed E-state index contributed by atoms with van der Waals surface area (Å²) in [6, 6.07) is 16.7. The largest absolute Gasteiger partial charge is 0.454 e. The monoisotopic (exact) mass is 398 g/mol. The number of anilines is 1. The Hall–Kier alpha value is -3.80. The van der Waals surface area contributed by atoms with Crippen LogP contribution in [-0.2, 0) is 0 Å². The van der Waals surface area contributed by atoms with Gasteiger partial charge in [0.1, 0.15) is 6.17 Å². The fourth-order valence-corrected chi connectivity index (χ4v) is 4.96. The average molecular weight is 398 g/mol. The van der Waals surface area contributed by atoms with E-state index in [-0.39, 0.29) is 19.8 Å². The van der Waals surface area contributed by atoms with E-state index in [0.717, 1.165) is 50.6 Å². The third-order valence-electron chi connectivity index (χ3n) is 6.24. The van der Waals surface area contributed by atoms with Crippen molar-refractivity contribution in [1.29, 1.82) is 0 Å². The SMILES string of the molecule is CN1c2c(ccc3cc4c(cc23)OCO4)-c2ccc3c(c2C1n1cccc1)OCO3. The lowest BCUT2D eigenvalue weighted by Gasteiger charge is -2.39. The van der Waals surface area contributed by atoms with Crippen molar-refractivity contribution in [3.63, 3.8) is 0 Å². The van der Waals surface area contributed by atoms with Crippen molar-refractivity contribution in [2.45, 2.75) is 6.17 Å². The fraction of sp³-hybridized carbons (Fsp3) is 0.167. The third-order valence-corrected chi connectivity index (χ3v) is 6.24. The van der Waals surface area contributed by atoms with E-state index in [2.05, 4.69) is 59.2 Å². The number of nitrogens with zero attached hydrogens (tertiary/aromatic N) is 2. The van der Waals surface area contributed by atoms with Crippen molar-refractivity contribution in [3.8, 4) is 34.1 Å². The minimum atomic E-state index is -0.0600. The van der Waals surface area contributed by atoms with E-state index in [0.29, 0.717) is 0 Å². The van der Waals surface area contributed by atoms with Gasteiger partial charge in [0.15, 0.2) is 23.0 Å². The molecule has 7 rings (SSSR count). The molecule has 4 heterocycles.